The van der Waals surface area contributed by atoms with E-state index in [1.165, 1.54) is 0 Å². The summed E-state index contributed by atoms with van der Waals surface area (Å²) in [6.07, 6.45) is 1.43. The van der Waals surface area contributed by atoms with Crippen LogP contribution >= 0.6 is 0 Å². The molecule has 1 saturated heterocycles. The van der Waals surface area contributed by atoms with Gasteiger partial charge in [0.2, 0.25) is 11.8 Å². The molecule has 1 aliphatic heterocycles. The van der Waals surface area contributed by atoms with Gasteiger partial charge in [-0.25, -0.2) is 0 Å². The fraction of sp³-hybridized carbons (Fsp3) is 0.727. The Labute approximate surface area is 98.8 Å². The van der Waals surface area contributed by atoms with E-state index in [0.717, 1.165) is 4.90 Å². The highest BCUT2D eigenvalue weighted by Gasteiger charge is 2.52. The van der Waals surface area contributed by atoms with Crippen LogP contribution in [-0.2, 0) is 14.4 Å². The maximum absolute atomic E-state index is 12.0. The molecule has 1 heterocycles. The largest absolute Gasteiger partial charge is 0.480 e. The van der Waals surface area contributed by atoms with Gasteiger partial charge in [0, 0.05) is 0 Å². The number of fused-ring (bicyclic) bond motifs is 1. The predicted octanol–water partition coefficient (Wildman–Crippen LogP) is -0.571. The quantitative estimate of drug-likeness (QED) is 0.643. The Morgan fingerprint density at radius 1 is 1.41 bits per heavy atom. The lowest BCUT2D eigenvalue weighted by Gasteiger charge is -2.18. The van der Waals surface area contributed by atoms with Crippen molar-refractivity contribution in [3.8, 4) is 0 Å². The Bertz CT molecular complexity index is 358. The molecule has 94 valence electrons. The van der Waals surface area contributed by atoms with Crippen LogP contribution in [0.5, 0.6) is 0 Å². The number of likely N-dealkylation sites (tertiary alicyclic amines) is 1. The number of rotatable bonds is 3. The maximum atomic E-state index is 12.0. The summed E-state index contributed by atoms with van der Waals surface area (Å²) in [6.45, 7) is 1.81. The molecular formula is C11H16N2O4. The Morgan fingerprint density at radius 3 is 2.29 bits per heavy atom. The summed E-state index contributed by atoms with van der Waals surface area (Å²) in [5, 5.41) is 8.69. The molecule has 0 spiro atoms. The van der Waals surface area contributed by atoms with E-state index in [9.17, 15) is 14.4 Å². The van der Waals surface area contributed by atoms with Crippen LogP contribution in [0.15, 0.2) is 0 Å². The lowest BCUT2D eigenvalue weighted by Crippen LogP contribution is -2.45. The summed E-state index contributed by atoms with van der Waals surface area (Å²) in [6, 6.07) is -1.20. The van der Waals surface area contributed by atoms with E-state index in [1.54, 1.807) is 0 Å². The molecule has 3 atom stereocenters. The minimum Gasteiger partial charge on any atom is -0.480 e. The number of nitrogens with two attached hydrogens (primary N) is 1. The van der Waals surface area contributed by atoms with E-state index in [2.05, 4.69) is 0 Å². The molecule has 17 heavy (non-hydrogen) atoms. The van der Waals surface area contributed by atoms with E-state index >= 15 is 0 Å². The number of nitrogens with zero attached hydrogens (tertiary/aromatic N) is 1. The van der Waals surface area contributed by atoms with E-state index in [4.69, 9.17) is 10.8 Å². The fourth-order valence-corrected chi connectivity index (χ4v) is 2.80. The number of imide groups is 1. The average molecular weight is 240 g/mol. The molecule has 2 rings (SSSR count). The molecule has 2 aliphatic rings. The van der Waals surface area contributed by atoms with Crippen molar-refractivity contribution in [3.63, 3.8) is 0 Å². The van der Waals surface area contributed by atoms with Gasteiger partial charge < -0.3 is 10.8 Å². The third kappa shape index (κ3) is 1.93. The minimum atomic E-state index is -1.20. The van der Waals surface area contributed by atoms with Gasteiger partial charge in [0.15, 0.2) is 0 Å². The van der Waals surface area contributed by atoms with Crippen LogP contribution in [0.3, 0.4) is 0 Å². The summed E-state index contributed by atoms with van der Waals surface area (Å²) >= 11 is 0. The van der Waals surface area contributed by atoms with Crippen molar-refractivity contribution in [2.24, 2.45) is 23.5 Å². The van der Waals surface area contributed by atoms with E-state index in [0.29, 0.717) is 18.8 Å². The van der Waals surface area contributed by atoms with Gasteiger partial charge in [-0.2, -0.15) is 0 Å². The van der Waals surface area contributed by atoms with Crippen molar-refractivity contribution in [1.29, 1.82) is 0 Å². The number of carbonyl (C=O) groups excluding carboxylic acids is 2. The number of carbonyl (C=O) groups is 3. The molecule has 0 aromatic rings. The van der Waals surface area contributed by atoms with Gasteiger partial charge in [0.1, 0.15) is 6.04 Å². The van der Waals surface area contributed by atoms with E-state index in [1.807, 2.05) is 6.92 Å². The van der Waals surface area contributed by atoms with Crippen LogP contribution in [0.25, 0.3) is 0 Å². The van der Waals surface area contributed by atoms with Crippen molar-refractivity contribution in [2.75, 3.05) is 6.54 Å². The highest BCUT2D eigenvalue weighted by molar-refractivity contribution is 6.05. The highest BCUT2D eigenvalue weighted by Crippen LogP contribution is 2.42. The lowest BCUT2D eigenvalue weighted by molar-refractivity contribution is -0.143. The first-order chi connectivity index (χ1) is 7.91. The van der Waals surface area contributed by atoms with Crippen LogP contribution in [0.4, 0.5) is 0 Å². The highest BCUT2D eigenvalue weighted by atomic mass is 16.4. The van der Waals surface area contributed by atoms with Gasteiger partial charge in [-0.3, -0.25) is 19.3 Å². The molecule has 0 aromatic heterocycles. The number of aliphatic carboxylic acids is 1. The normalized spacial score (nSPS) is 34.0. The van der Waals surface area contributed by atoms with Crippen LogP contribution in [0.2, 0.25) is 0 Å². The molecular weight excluding hydrogens is 224 g/mol. The summed E-state index contributed by atoms with van der Waals surface area (Å²) in [4.78, 5) is 35.6. The second-order valence-electron chi connectivity index (χ2n) is 5.02. The first-order valence-electron chi connectivity index (χ1n) is 5.75. The molecule has 1 saturated carbocycles. The van der Waals surface area contributed by atoms with Crippen LogP contribution in [0, 0.1) is 17.8 Å². The van der Waals surface area contributed by atoms with Crippen molar-refractivity contribution in [1.82, 2.24) is 4.90 Å². The smallest absolute Gasteiger partial charge is 0.322 e. The molecule has 3 unspecified atom stereocenters. The predicted molar refractivity (Wildman–Crippen MR) is 57.7 cm³/mol. The van der Waals surface area contributed by atoms with Crippen molar-refractivity contribution >= 4 is 17.8 Å². The van der Waals surface area contributed by atoms with Gasteiger partial charge in [-0.05, 0) is 18.8 Å². The molecule has 1 aliphatic carbocycles. The number of hydrogen-bond acceptors (Lipinski definition) is 4. The van der Waals surface area contributed by atoms with E-state index in [-0.39, 0.29) is 30.2 Å². The Balaban J connectivity index is 2.09. The average Bonchev–Trinajstić information content (AvgIpc) is 2.73. The van der Waals surface area contributed by atoms with Gasteiger partial charge >= 0.3 is 5.97 Å². The zero-order chi connectivity index (χ0) is 12.7. The zero-order valence-electron chi connectivity index (χ0n) is 9.63. The SMILES string of the molecule is CC1CC2C(=O)N(CC(N)C(=O)O)C(=O)C2C1. The Morgan fingerprint density at radius 2 is 1.88 bits per heavy atom. The minimum absolute atomic E-state index is 0.214. The van der Waals surface area contributed by atoms with Gasteiger partial charge in [-0.15, -0.1) is 0 Å². The topological polar surface area (TPSA) is 101 Å². The van der Waals surface area contributed by atoms with Gasteiger partial charge in [0.05, 0.1) is 18.4 Å². The first kappa shape index (κ1) is 12.0. The van der Waals surface area contributed by atoms with Crippen molar-refractivity contribution < 1.29 is 19.5 Å². The molecule has 2 amide bonds. The number of hydrogen-bond donors (Lipinski definition) is 2. The standard InChI is InChI=1S/C11H16N2O4/c1-5-2-6-7(3-5)10(15)13(9(6)14)4-8(12)11(16)17/h5-8H,2-4,12H2,1H3,(H,16,17). The third-order valence-electron chi connectivity index (χ3n) is 3.66. The van der Waals surface area contributed by atoms with Crippen molar-refractivity contribution in [3.05, 3.63) is 0 Å². The number of amides is 2. The lowest BCUT2D eigenvalue weighted by atomic mass is 10.00. The summed E-state index contributed by atoms with van der Waals surface area (Å²) in [5.74, 6) is -1.82. The van der Waals surface area contributed by atoms with Crippen LogP contribution in [0.1, 0.15) is 19.8 Å². The number of carboxylic acid groups (broad SMARTS) is 1. The summed E-state index contributed by atoms with van der Waals surface area (Å²) in [5.41, 5.74) is 5.35. The molecule has 6 nitrogen and oxygen atoms in total. The molecule has 3 N–H and O–H groups in total. The molecule has 0 aromatic carbocycles. The molecule has 6 heteroatoms. The second-order valence-corrected chi connectivity index (χ2v) is 5.02. The summed E-state index contributed by atoms with van der Waals surface area (Å²) < 4.78 is 0. The van der Waals surface area contributed by atoms with Gasteiger partial charge in [-0.1, -0.05) is 6.92 Å². The Hall–Kier alpha value is -1.43. The van der Waals surface area contributed by atoms with Crippen LogP contribution in [-0.4, -0.2) is 40.4 Å². The monoisotopic (exact) mass is 240 g/mol. The second kappa shape index (κ2) is 4.10. The van der Waals surface area contributed by atoms with Crippen molar-refractivity contribution in [2.45, 2.75) is 25.8 Å². The third-order valence-corrected chi connectivity index (χ3v) is 3.66. The Kier molecular flexibility index (Phi) is 2.91. The molecule has 0 bridgehead atoms. The van der Waals surface area contributed by atoms with E-state index < -0.39 is 12.0 Å². The molecule has 0 radical (unpaired) electrons. The maximum Gasteiger partial charge on any atom is 0.322 e. The first-order valence-corrected chi connectivity index (χ1v) is 5.75. The number of carboxylic acids is 1. The van der Waals surface area contributed by atoms with Crippen LogP contribution < -0.4 is 5.73 Å². The van der Waals surface area contributed by atoms with Gasteiger partial charge in [0.25, 0.3) is 0 Å². The fourth-order valence-electron chi connectivity index (χ4n) is 2.80. The molecule has 2 fully saturated rings. The zero-order valence-corrected chi connectivity index (χ0v) is 9.63. The summed E-state index contributed by atoms with van der Waals surface area (Å²) in [7, 11) is 0.